The summed E-state index contributed by atoms with van der Waals surface area (Å²) in [5.41, 5.74) is 0.353. The van der Waals surface area contributed by atoms with Gasteiger partial charge < -0.3 is 67.5 Å². The number of ketones is 3. The van der Waals surface area contributed by atoms with Crippen LogP contribution in [-0.4, -0.2) is 180 Å². The second-order valence-corrected chi connectivity index (χ2v) is 23.5. The van der Waals surface area contributed by atoms with E-state index in [0.717, 1.165) is 22.2 Å². The minimum atomic E-state index is -1.97. The molecule has 0 spiro atoms. The predicted octanol–water partition coefficient (Wildman–Crippen LogP) is -0.524. The molecule has 24 nitrogen and oxygen atoms in total. The average molecular weight is 1170 g/mol. The molecule has 25 heteroatoms. The first-order chi connectivity index (χ1) is 39.3. The molecule has 452 valence electrons. The van der Waals surface area contributed by atoms with Gasteiger partial charge in [0.25, 0.3) is 0 Å². The van der Waals surface area contributed by atoms with Gasteiger partial charge in [0, 0.05) is 86.5 Å². The lowest BCUT2D eigenvalue weighted by molar-refractivity contribution is -0.142. The van der Waals surface area contributed by atoms with E-state index < -0.39 is 139 Å². The molecule has 2 aromatic carbocycles. The van der Waals surface area contributed by atoms with Crippen molar-refractivity contribution in [1.82, 2.24) is 47.1 Å². The number of thioether (sulfide) groups is 1. The number of aliphatic hydroxyl groups is 4. The molecule has 3 aliphatic rings. The topological polar surface area (TPSA) is 372 Å². The van der Waals surface area contributed by atoms with Crippen LogP contribution in [0.2, 0.25) is 0 Å². The van der Waals surface area contributed by atoms with E-state index in [2.05, 4.69) is 42.2 Å². The number of amides is 8. The Hall–Kier alpha value is -7.06. The molecular weight excluding hydrogens is 1090 g/mol. The van der Waals surface area contributed by atoms with Gasteiger partial charge in [0.2, 0.25) is 47.3 Å². The summed E-state index contributed by atoms with van der Waals surface area (Å²) in [4.78, 5) is 157. The first-order valence-corrected chi connectivity index (χ1v) is 29.2. The highest BCUT2D eigenvalue weighted by Gasteiger charge is 2.44. The van der Waals surface area contributed by atoms with E-state index in [4.69, 9.17) is 0 Å². The van der Waals surface area contributed by atoms with Crippen molar-refractivity contribution in [2.75, 3.05) is 25.4 Å². The van der Waals surface area contributed by atoms with Gasteiger partial charge in [0.1, 0.15) is 36.0 Å². The van der Waals surface area contributed by atoms with Crippen molar-refractivity contribution in [3.8, 4) is 0 Å². The summed E-state index contributed by atoms with van der Waals surface area (Å²) in [5, 5.41) is 61.9. The van der Waals surface area contributed by atoms with Crippen LogP contribution in [0, 0.1) is 11.8 Å². The van der Waals surface area contributed by atoms with Crippen molar-refractivity contribution in [1.29, 1.82) is 0 Å². The smallest absolute Gasteiger partial charge is 0.246 e. The molecule has 3 aromatic rings. The predicted molar refractivity (Wildman–Crippen MR) is 304 cm³/mol. The fourth-order valence-electron chi connectivity index (χ4n) is 10.3. The Labute approximate surface area is 485 Å². The SMILES string of the molecule is CCCC(=O)N[C@H](Cc1ccccc1)C(=O)C[C@H](C)C(=O)NCCCC(=O)Cc1ccc2[nH]c3c(c2c1)C[C@@H]1CC(=O)[C@H](C)NC(=O)[C@@H]2C[C@@H](O)CN2C(=O)[C@@H](CS3)NC(=O)[C@@H](C(C)O)NC(=O)[C@H](C)NC(=O)[C@H](C[C@@](C)(O)CO)NC1=O. The molecular formula is C58H79N9O15S. The number of aliphatic hydroxyl groups excluding tert-OH is 3. The van der Waals surface area contributed by atoms with Crippen LogP contribution >= 0.6 is 11.8 Å². The van der Waals surface area contributed by atoms with Gasteiger partial charge in [0.15, 0.2) is 11.6 Å². The number of Topliss-reactive ketones (excluding diaryl/α,β-unsaturated/α-hetero) is 3. The normalized spacial score (nSPS) is 25.0. The molecule has 1 unspecified atom stereocenters. The van der Waals surface area contributed by atoms with Crippen molar-refractivity contribution >= 4 is 87.3 Å². The monoisotopic (exact) mass is 1170 g/mol. The molecule has 12 atom stereocenters. The van der Waals surface area contributed by atoms with Crippen LogP contribution in [0.4, 0.5) is 0 Å². The van der Waals surface area contributed by atoms with E-state index in [1.54, 1.807) is 25.1 Å². The van der Waals surface area contributed by atoms with Crippen molar-refractivity contribution in [2.24, 2.45) is 11.8 Å². The van der Waals surface area contributed by atoms with E-state index in [1.165, 1.54) is 27.7 Å². The maximum atomic E-state index is 14.8. The van der Waals surface area contributed by atoms with Crippen molar-refractivity contribution in [3.05, 3.63) is 65.2 Å². The zero-order chi connectivity index (χ0) is 60.9. The number of nitrogens with zero attached hydrogens (tertiary/aromatic N) is 1. The Morgan fingerprint density at radius 2 is 1.55 bits per heavy atom. The van der Waals surface area contributed by atoms with E-state index in [0.29, 0.717) is 33.5 Å². The van der Waals surface area contributed by atoms with Gasteiger partial charge in [-0.25, -0.2) is 0 Å². The third kappa shape index (κ3) is 18.0. The van der Waals surface area contributed by atoms with Crippen LogP contribution in [0.5, 0.6) is 0 Å². The molecule has 1 saturated heterocycles. The molecule has 1 aromatic heterocycles. The Balaban J connectivity index is 1.29. The number of hydrogen-bond acceptors (Lipinski definition) is 16. The Bertz CT molecular complexity index is 2900. The summed E-state index contributed by atoms with van der Waals surface area (Å²) in [7, 11) is 0. The average Bonchev–Trinajstić information content (AvgIpc) is 3.25. The Morgan fingerprint density at radius 1 is 0.843 bits per heavy atom. The molecule has 0 saturated carbocycles. The van der Waals surface area contributed by atoms with Crippen molar-refractivity contribution in [3.63, 3.8) is 0 Å². The number of fused-ring (bicyclic) bond motifs is 5. The highest BCUT2D eigenvalue weighted by atomic mass is 32.2. The molecule has 0 radical (unpaired) electrons. The second kappa shape index (κ2) is 29.5. The van der Waals surface area contributed by atoms with Gasteiger partial charge in [-0.1, -0.05) is 50.2 Å². The van der Waals surface area contributed by atoms with Crippen molar-refractivity contribution < 1.29 is 73.2 Å². The number of nitrogens with one attached hydrogen (secondary N) is 8. The third-order valence-electron chi connectivity index (χ3n) is 15.1. The Kier molecular flexibility index (Phi) is 23.1. The highest BCUT2D eigenvalue weighted by Crippen LogP contribution is 2.35. The summed E-state index contributed by atoms with van der Waals surface area (Å²) in [6.45, 7) is 7.49. The molecule has 2 bridgehead atoms. The summed E-state index contributed by atoms with van der Waals surface area (Å²) in [6, 6.07) is 4.68. The van der Waals surface area contributed by atoms with Gasteiger partial charge in [-0.2, -0.15) is 0 Å². The molecule has 83 heavy (non-hydrogen) atoms. The maximum absolute atomic E-state index is 14.8. The highest BCUT2D eigenvalue weighted by molar-refractivity contribution is 7.99. The molecule has 3 aliphatic heterocycles. The Morgan fingerprint density at radius 3 is 2.24 bits per heavy atom. The fourth-order valence-corrected chi connectivity index (χ4v) is 11.4. The van der Waals surface area contributed by atoms with E-state index in [9.17, 15) is 73.2 Å². The molecule has 0 aliphatic carbocycles. The van der Waals surface area contributed by atoms with Crippen LogP contribution in [0.1, 0.15) is 110 Å². The summed E-state index contributed by atoms with van der Waals surface area (Å²) < 4.78 is 0. The summed E-state index contributed by atoms with van der Waals surface area (Å²) in [6.07, 6.45) is -3.10. The lowest BCUT2D eigenvalue weighted by atomic mass is 9.89. The quantitative estimate of drug-likeness (QED) is 0.0672. The number of carbonyl (C=O) groups excluding carboxylic acids is 11. The molecule has 1 fully saturated rings. The van der Waals surface area contributed by atoms with E-state index in [1.807, 2.05) is 37.3 Å². The summed E-state index contributed by atoms with van der Waals surface area (Å²) in [5.74, 6) is -9.58. The first kappa shape index (κ1) is 65.1. The fraction of sp³-hybridized carbons (Fsp3) is 0.569. The number of hydrogen-bond donors (Lipinski definition) is 12. The van der Waals surface area contributed by atoms with Gasteiger partial charge in [-0.05, 0) is 82.2 Å². The number of aromatic nitrogens is 1. The number of carbonyl (C=O) groups is 11. The lowest BCUT2D eigenvalue weighted by Crippen LogP contribution is -2.61. The van der Waals surface area contributed by atoms with Crippen LogP contribution in [0.3, 0.4) is 0 Å². The van der Waals surface area contributed by atoms with Crippen LogP contribution < -0.4 is 37.2 Å². The van der Waals surface area contributed by atoms with Crippen molar-refractivity contribution in [2.45, 2.75) is 177 Å². The minimum absolute atomic E-state index is 0.0563. The first-order valence-electron chi connectivity index (χ1n) is 28.2. The molecule has 8 amide bonds. The number of H-pyrrole nitrogens is 1. The number of aromatic amines is 1. The standard InChI is InChI=1S/C58H79N9O15S/c1-7-12-48(74)62-42(22-34-13-9-8-10-14-34)47(73)19-30(2)50(75)59-18-11-15-37(70)20-35-16-17-41-39(21-35)40-23-36-24-46(72)31(3)60-54(79)45-25-38(71)27-67(45)57(81)44(28-83-56(40)65-41)64-55(80)49(33(5)69)66-51(76)32(4)61-53(78)43(63-52(36)77)26-58(6,82)29-68/h8-10,13-14,16-17,21,30-33,36,38,42-45,49,65,68-69,71,82H,7,11-12,15,18-20,22-29H2,1-6H3,(H,59,75)(H,60,79)(H,61,78)(H,62,74)(H,63,77)(H,64,80)(H,66,76)/t30-,31-,32-,33?,36+,38+,42+,43-,44+,45-,49+,58+/m0/s1. The zero-order valence-electron chi connectivity index (χ0n) is 47.7. The second-order valence-electron chi connectivity index (χ2n) is 22.5. The summed E-state index contributed by atoms with van der Waals surface area (Å²) >= 11 is 1.02. The van der Waals surface area contributed by atoms with Gasteiger partial charge >= 0.3 is 0 Å². The van der Waals surface area contributed by atoms with E-state index in [-0.39, 0.29) is 87.7 Å². The minimum Gasteiger partial charge on any atom is -0.393 e. The van der Waals surface area contributed by atoms with Gasteiger partial charge in [-0.15, -0.1) is 11.8 Å². The maximum Gasteiger partial charge on any atom is 0.246 e. The van der Waals surface area contributed by atoms with Gasteiger partial charge in [-0.3, -0.25) is 52.7 Å². The van der Waals surface area contributed by atoms with Crippen LogP contribution in [-0.2, 0) is 72.0 Å². The molecule has 4 heterocycles. The third-order valence-corrected chi connectivity index (χ3v) is 16.3. The van der Waals surface area contributed by atoms with Crippen LogP contribution in [0.15, 0.2) is 53.6 Å². The molecule has 6 rings (SSSR count). The largest absolute Gasteiger partial charge is 0.393 e. The van der Waals surface area contributed by atoms with E-state index >= 15 is 0 Å². The molecule has 12 N–H and O–H groups in total. The van der Waals surface area contributed by atoms with Crippen LogP contribution in [0.25, 0.3) is 10.9 Å². The van der Waals surface area contributed by atoms with Gasteiger partial charge in [0.05, 0.1) is 41.5 Å². The number of rotatable bonds is 19. The lowest BCUT2D eigenvalue weighted by Gasteiger charge is -2.31. The number of benzene rings is 2. The zero-order valence-corrected chi connectivity index (χ0v) is 48.5.